The zero-order valence-corrected chi connectivity index (χ0v) is 16.4. The van der Waals surface area contributed by atoms with E-state index in [0.717, 1.165) is 42.1 Å². The number of nitrogens with one attached hydrogen (secondary N) is 1. The van der Waals surface area contributed by atoms with Crippen LogP contribution in [0.4, 0.5) is 11.4 Å². The largest absolute Gasteiger partial charge is 0.368 e. The molecule has 7 heteroatoms. The number of piperazine rings is 1. The molecule has 2 aliphatic heterocycles. The number of anilines is 2. The number of carbonyl (C=O) groups excluding carboxylic acids is 2. The van der Waals surface area contributed by atoms with E-state index in [0.29, 0.717) is 25.2 Å². The van der Waals surface area contributed by atoms with Crippen LogP contribution in [-0.2, 0) is 11.2 Å². The Kier molecular flexibility index (Phi) is 4.23. The summed E-state index contributed by atoms with van der Waals surface area (Å²) in [6, 6.07) is 10.2. The fourth-order valence-electron chi connectivity index (χ4n) is 4.15. The lowest BCUT2D eigenvalue weighted by Crippen LogP contribution is -2.49. The highest BCUT2D eigenvalue weighted by Gasteiger charge is 2.25. The van der Waals surface area contributed by atoms with E-state index in [1.807, 2.05) is 52.9 Å². The smallest absolute Gasteiger partial charge is 0.274 e. The molecule has 1 N–H and O–H groups in total. The second-order valence-electron chi connectivity index (χ2n) is 7.72. The van der Waals surface area contributed by atoms with Crippen LogP contribution in [0.1, 0.15) is 28.0 Å². The fourth-order valence-corrected chi connectivity index (χ4v) is 4.15. The summed E-state index contributed by atoms with van der Waals surface area (Å²) in [5, 5.41) is 2.93. The van der Waals surface area contributed by atoms with Crippen molar-refractivity contribution in [2.24, 2.45) is 0 Å². The van der Waals surface area contributed by atoms with Gasteiger partial charge in [-0.3, -0.25) is 9.59 Å². The Balaban J connectivity index is 1.28. The summed E-state index contributed by atoms with van der Waals surface area (Å²) in [4.78, 5) is 33.2. The van der Waals surface area contributed by atoms with Gasteiger partial charge in [-0.2, -0.15) is 0 Å². The molecule has 7 nitrogen and oxygen atoms in total. The van der Waals surface area contributed by atoms with Gasteiger partial charge in [0.25, 0.3) is 5.91 Å². The third-order valence-corrected chi connectivity index (χ3v) is 5.81. The Morgan fingerprint density at radius 2 is 1.93 bits per heavy atom. The standard InChI is InChI=1S/C22H23N5O2/c1-15-3-2-8-27-14-19(24-21(15)27)22(29)26-11-9-25(10-12-26)17-5-6-18-16(13-17)4-7-20(28)23-18/h2-3,5-6,8,13-14H,4,7,9-12H2,1H3,(H,23,28). The molecule has 5 rings (SSSR count). The molecule has 29 heavy (non-hydrogen) atoms. The summed E-state index contributed by atoms with van der Waals surface area (Å²) in [5.74, 6) is 0.0698. The van der Waals surface area contributed by atoms with Gasteiger partial charge >= 0.3 is 0 Å². The van der Waals surface area contributed by atoms with Crippen LogP contribution >= 0.6 is 0 Å². The minimum absolute atomic E-state index is 0.0131. The monoisotopic (exact) mass is 389 g/mol. The molecule has 1 fully saturated rings. The van der Waals surface area contributed by atoms with Crippen molar-refractivity contribution in [2.75, 3.05) is 36.4 Å². The van der Waals surface area contributed by atoms with Crippen LogP contribution in [-0.4, -0.2) is 52.3 Å². The number of nitrogens with zero attached hydrogens (tertiary/aromatic N) is 4. The van der Waals surface area contributed by atoms with Crippen molar-refractivity contribution in [1.82, 2.24) is 14.3 Å². The Labute approximate surface area is 168 Å². The van der Waals surface area contributed by atoms with Gasteiger partial charge in [0.05, 0.1) is 0 Å². The van der Waals surface area contributed by atoms with Crippen molar-refractivity contribution in [3.63, 3.8) is 0 Å². The Hall–Kier alpha value is -3.35. The number of amides is 2. The second kappa shape index (κ2) is 6.92. The lowest BCUT2D eigenvalue weighted by molar-refractivity contribution is -0.116. The van der Waals surface area contributed by atoms with Gasteiger partial charge in [0.2, 0.25) is 5.91 Å². The van der Waals surface area contributed by atoms with Crippen LogP contribution < -0.4 is 10.2 Å². The highest BCUT2D eigenvalue weighted by molar-refractivity contribution is 5.94. The number of carbonyl (C=O) groups is 2. The number of aryl methyl sites for hydroxylation is 2. The van der Waals surface area contributed by atoms with Crippen LogP contribution in [0.3, 0.4) is 0 Å². The second-order valence-corrected chi connectivity index (χ2v) is 7.72. The van der Waals surface area contributed by atoms with Gasteiger partial charge in [-0.1, -0.05) is 6.07 Å². The van der Waals surface area contributed by atoms with Crippen LogP contribution in [0.2, 0.25) is 0 Å². The number of hydrogen-bond donors (Lipinski definition) is 1. The van der Waals surface area contributed by atoms with Gasteiger partial charge in [-0.25, -0.2) is 4.98 Å². The molecule has 4 heterocycles. The van der Waals surface area contributed by atoms with Crippen LogP contribution in [0.15, 0.2) is 42.7 Å². The molecule has 148 valence electrons. The number of benzene rings is 1. The van der Waals surface area contributed by atoms with Crippen molar-refractivity contribution >= 4 is 28.8 Å². The zero-order valence-electron chi connectivity index (χ0n) is 16.4. The van der Waals surface area contributed by atoms with Gasteiger partial charge < -0.3 is 19.5 Å². The summed E-state index contributed by atoms with van der Waals surface area (Å²) < 4.78 is 1.91. The highest BCUT2D eigenvalue weighted by atomic mass is 16.2. The molecule has 0 unspecified atom stereocenters. The lowest BCUT2D eigenvalue weighted by Gasteiger charge is -2.36. The first-order valence-corrected chi connectivity index (χ1v) is 10.00. The third kappa shape index (κ3) is 3.22. The summed E-state index contributed by atoms with van der Waals surface area (Å²) in [6.07, 6.45) is 5.05. The fraction of sp³-hybridized carbons (Fsp3) is 0.318. The average molecular weight is 389 g/mol. The van der Waals surface area contributed by atoms with E-state index in [1.165, 1.54) is 5.56 Å². The molecule has 0 radical (unpaired) electrons. The number of pyridine rings is 1. The van der Waals surface area contributed by atoms with Crippen LogP contribution in [0.5, 0.6) is 0 Å². The Morgan fingerprint density at radius 1 is 1.10 bits per heavy atom. The highest BCUT2D eigenvalue weighted by Crippen LogP contribution is 2.28. The molecule has 1 aromatic carbocycles. The molecular weight excluding hydrogens is 366 g/mol. The van der Waals surface area contributed by atoms with Crippen LogP contribution in [0.25, 0.3) is 5.65 Å². The maximum absolute atomic E-state index is 12.9. The number of fused-ring (bicyclic) bond motifs is 2. The minimum atomic E-state index is -0.0131. The molecule has 1 saturated heterocycles. The first-order valence-electron chi connectivity index (χ1n) is 10.00. The maximum Gasteiger partial charge on any atom is 0.274 e. The van der Waals surface area contributed by atoms with Crippen molar-refractivity contribution in [1.29, 1.82) is 0 Å². The summed E-state index contributed by atoms with van der Waals surface area (Å²) in [7, 11) is 0. The number of rotatable bonds is 2. The van der Waals surface area contributed by atoms with Gasteiger partial charge in [0, 0.05) is 56.4 Å². The molecule has 2 aromatic heterocycles. The molecule has 3 aromatic rings. The minimum Gasteiger partial charge on any atom is -0.368 e. The summed E-state index contributed by atoms with van der Waals surface area (Å²) in [6.45, 7) is 4.89. The molecule has 2 amide bonds. The number of hydrogen-bond acceptors (Lipinski definition) is 4. The average Bonchev–Trinajstić information content (AvgIpc) is 3.19. The van der Waals surface area contributed by atoms with E-state index in [9.17, 15) is 9.59 Å². The molecule has 0 saturated carbocycles. The van der Waals surface area contributed by atoms with E-state index in [-0.39, 0.29) is 11.8 Å². The number of imidazole rings is 1. The molecule has 0 spiro atoms. The lowest BCUT2D eigenvalue weighted by atomic mass is 10.0. The van der Waals surface area contributed by atoms with E-state index >= 15 is 0 Å². The quantitative estimate of drug-likeness (QED) is 0.731. The topological polar surface area (TPSA) is 70.0 Å². The molecular formula is C22H23N5O2. The Morgan fingerprint density at radius 3 is 2.72 bits per heavy atom. The predicted octanol–water partition coefficient (Wildman–Crippen LogP) is 2.49. The van der Waals surface area contributed by atoms with Crippen LogP contribution in [0, 0.1) is 6.92 Å². The van der Waals surface area contributed by atoms with E-state index in [1.54, 1.807) is 0 Å². The van der Waals surface area contributed by atoms with Crippen molar-refractivity contribution in [3.05, 3.63) is 59.5 Å². The molecule has 0 aliphatic carbocycles. The SMILES string of the molecule is Cc1cccn2cc(C(=O)N3CCN(c4ccc5c(c4)CCC(=O)N5)CC3)nc12. The summed E-state index contributed by atoms with van der Waals surface area (Å²) in [5.41, 5.74) is 5.63. The number of aromatic nitrogens is 2. The van der Waals surface area contributed by atoms with Gasteiger partial charge in [0.1, 0.15) is 11.3 Å². The molecule has 0 atom stereocenters. The molecule has 0 bridgehead atoms. The van der Waals surface area contributed by atoms with E-state index in [2.05, 4.69) is 21.3 Å². The first-order chi connectivity index (χ1) is 14.1. The van der Waals surface area contributed by atoms with Crippen molar-refractivity contribution in [3.8, 4) is 0 Å². The van der Waals surface area contributed by atoms with Crippen molar-refractivity contribution < 1.29 is 9.59 Å². The zero-order chi connectivity index (χ0) is 20.0. The van der Waals surface area contributed by atoms with Crippen molar-refractivity contribution in [2.45, 2.75) is 19.8 Å². The van der Waals surface area contributed by atoms with E-state index in [4.69, 9.17) is 0 Å². The van der Waals surface area contributed by atoms with Gasteiger partial charge in [-0.15, -0.1) is 0 Å². The van der Waals surface area contributed by atoms with E-state index < -0.39 is 0 Å². The predicted molar refractivity (Wildman–Crippen MR) is 111 cm³/mol. The maximum atomic E-state index is 12.9. The third-order valence-electron chi connectivity index (χ3n) is 5.81. The van der Waals surface area contributed by atoms with Gasteiger partial charge in [0.15, 0.2) is 0 Å². The summed E-state index contributed by atoms with van der Waals surface area (Å²) >= 11 is 0. The van der Waals surface area contributed by atoms with Gasteiger partial charge in [-0.05, 0) is 48.7 Å². The normalized spacial score (nSPS) is 16.7. The first kappa shape index (κ1) is 17.7. The Bertz CT molecular complexity index is 1110. The molecule has 2 aliphatic rings.